The molecule has 1 amide bonds. The fourth-order valence-corrected chi connectivity index (χ4v) is 2.02. The molecule has 0 heterocycles. The lowest BCUT2D eigenvalue weighted by Gasteiger charge is -2.09. The third-order valence-corrected chi connectivity index (χ3v) is 3.32. The van der Waals surface area contributed by atoms with E-state index in [1.54, 1.807) is 19.2 Å². The smallest absolute Gasteiger partial charge is 0.258 e. The van der Waals surface area contributed by atoms with E-state index in [2.05, 4.69) is 17.2 Å². The van der Waals surface area contributed by atoms with Gasteiger partial charge in [-0.1, -0.05) is 42.2 Å². The second kappa shape index (κ2) is 9.89. The molecule has 0 unspecified atom stereocenters. The highest BCUT2D eigenvalue weighted by Gasteiger charge is 2.05. The van der Waals surface area contributed by atoms with Crippen LogP contribution in [0.15, 0.2) is 48.5 Å². The van der Waals surface area contributed by atoms with Crippen LogP contribution < -0.4 is 19.5 Å². The first-order valence-electron chi connectivity index (χ1n) is 7.87. The van der Waals surface area contributed by atoms with Gasteiger partial charge in [-0.3, -0.25) is 4.79 Å². The molecular weight excluding hydrogens is 318 g/mol. The zero-order valence-corrected chi connectivity index (χ0v) is 14.4. The van der Waals surface area contributed by atoms with E-state index in [-0.39, 0.29) is 25.7 Å². The number of hydrogen-bond donors (Lipinski definition) is 1. The molecule has 0 aliphatic heterocycles. The molecule has 0 radical (unpaired) electrons. The SMILES string of the molecule is COc1ccccc1OCC(=O)NCC#CCOc1ccccc1C. The van der Waals surface area contributed by atoms with Crippen molar-refractivity contribution in [3.63, 3.8) is 0 Å². The van der Waals surface area contributed by atoms with E-state index in [9.17, 15) is 4.79 Å². The van der Waals surface area contributed by atoms with E-state index < -0.39 is 0 Å². The van der Waals surface area contributed by atoms with E-state index in [1.807, 2.05) is 43.3 Å². The van der Waals surface area contributed by atoms with Crippen molar-refractivity contribution >= 4 is 5.91 Å². The predicted octanol–water partition coefficient (Wildman–Crippen LogP) is 2.58. The first kappa shape index (κ1) is 18.2. The Balaban J connectivity index is 1.66. The molecule has 0 saturated carbocycles. The quantitative estimate of drug-likeness (QED) is 0.788. The molecule has 0 aliphatic carbocycles. The Bertz CT molecular complexity index is 762. The zero-order chi connectivity index (χ0) is 17.9. The third kappa shape index (κ3) is 6.11. The number of carbonyl (C=O) groups is 1. The second-order valence-corrected chi connectivity index (χ2v) is 5.12. The van der Waals surface area contributed by atoms with E-state index in [4.69, 9.17) is 14.2 Å². The molecule has 0 bridgehead atoms. The molecule has 2 aromatic carbocycles. The van der Waals surface area contributed by atoms with Crippen LogP contribution in [0.5, 0.6) is 17.2 Å². The second-order valence-electron chi connectivity index (χ2n) is 5.12. The summed E-state index contributed by atoms with van der Waals surface area (Å²) in [5.74, 6) is 7.37. The van der Waals surface area contributed by atoms with Crippen molar-refractivity contribution in [2.45, 2.75) is 6.92 Å². The first-order valence-corrected chi connectivity index (χ1v) is 7.87. The number of ether oxygens (including phenoxy) is 3. The molecule has 0 aromatic heterocycles. The molecule has 0 saturated heterocycles. The van der Waals surface area contributed by atoms with E-state index in [0.717, 1.165) is 11.3 Å². The maximum absolute atomic E-state index is 11.7. The van der Waals surface area contributed by atoms with Crippen molar-refractivity contribution < 1.29 is 19.0 Å². The summed E-state index contributed by atoms with van der Waals surface area (Å²) in [5.41, 5.74) is 1.06. The molecule has 0 fully saturated rings. The van der Waals surface area contributed by atoms with Gasteiger partial charge in [-0.15, -0.1) is 0 Å². The number of amides is 1. The molecule has 25 heavy (non-hydrogen) atoms. The highest BCUT2D eigenvalue weighted by Crippen LogP contribution is 2.25. The van der Waals surface area contributed by atoms with E-state index in [0.29, 0.717) is 11.5 Å². The van der Waals surface area contributed by atoms with Gasteiger partial charge in [0.15, 0.2) is 18.1 Å². The highest BCUT2D eigenvalue weighted by molar-refractivity contribution is 5.77. The summed E-state index contributed by atoms with van der Waals surface area (Å²) in [5, 5.41) is 2.67. The van der Waals surface area contributed by atoms with Gasteiger partial charge in [-0.05, 0) is 30.7 Å². The van der Waals surface area contributed by atoms with Gasteiger partial charge < -0.3 is 19.5 Å². The summed E-state index contributed by atoms with van der Waals surface area (Å²) in [6, 6.07) is 14.9. The van der Waals surface area contributed by atoms with Crippen LogP contribution in [-0.4, -0.2) is 32.8 Å². The van der Waals surface area contributed by atoms with E-state index >= 15 is 0 Å². The predicted molar refractivity (Wildman–Crippen MR) is 95.9 cm³/mol. The van der Waals surface area contributed by atoms with Gasteiger partial charge in [0, 0.05) is 0 Å². The molecule has 0 aliphatic rings. The van der Waals surface area contributed by atoms with Gasteiger partial charge in [0.05, 0.1) is 13.7 Å². The number of para-hydroxylation sites is 3. The minimum absolute atomic E-state index is 0.0955. The Morgan fingerprint density at radius 3 is 2.36 bits per heavy atom. The number of aryl methyl sites for hydroxylation is 1. The summed E-state index contributed by atoms with van der Waals surface area (Å²) < 4.78 is 16.1. The summed E-state index contributed by atoms with van der Waals surface area (Å²) in [6.07, 6.45) is 0. The van der Waals surface area contributed by atoms with Crippen molar-refractivity contribution in [1.29, 1.82) is 0 Å². The van der Waals surface area contributed by atoms with Crippen LogP contribution in [0.25, 0.3) is 0 Å². The summed E-state index contributed by atoms with van der Waals surface area (Å²) in [7, 11) is 1.55. The van der Waals surface area contributed by atoms with Crippen LogP contribution in [0.1, 0.15) is 5.56 Å². The van der Waals surface area contributed by atoms with Crippen LogP contribution >= 0.6 is 0 Å². The number of carbonyl (C=O) groups excluding carboxylic acids is 1. The Kier molecular flexibility index (Phi) is 7.20. The van der Waals surface area contributed by atoms with Gasteiger partial charge in [0.1, 0.15) is 12.4 Å². The Morgan fingerprint density at radius 1 is 0.960 bits per heavy atom. The molecule has 130 valence electrons. The summed E-state index contributed by atoms with van der Waals surface area (Å²) >= 11 is 0. The number of rotatable bonds is 7. The van der Waals surface area contributed by atoms with Gasteiger partial charge >= 0.3 is 0 Å². The largest absolute Gasteiger partial charge is 0.493 e. The average Bonchev–Trinajstić information content (AvgIpc) is 2.64. The standard InChI is InChI=1S/C20H21NO4/c1-16-9-3-4-10-17(16)24-14-8-7-13-21-20(22)15-25-19-12-6-5-11-18(19)23-2/h3-6,9-12H,13-15H2,1-2H3,(H,21,22). The van der Waals surface area contributed by atoms with Crippen molar-refractivity contribution in [3.8, 4) is 29.1 Å². The number of hydrogen-bond acceptors (Lipinski definition) is 4. The molecule has 2 aromatic rings. The minimum atomic E-state index is -0.250. The number of nitrogens with one attached hydrogen (secondary N) is 1. The Morgan fingerprint density at radius 2 is 1.64 bits per heavy atom. The summed E-state index contributed by atoms with van der Waals surface area (Å²) in [6.45, 7) is 2.40. The van der Waals surface area contributed by atoms with Crippen LogP contribution in [0.3, 0.4) is 0 Å². The lowest BCUT2D eigenvalue weighted by Crippen LogP contribution is -2.29. The monoisotopic (exact) mass is 339 g/mol. The molecule has 1 N–H and O–H groups in total. The normalized spacial score (nSPS) is 9.52. The maximum atomic E-state index is 11.7. The molecular formula is C20H21NO4. The van der Waals surface area contributed by atoms with Crippen molar-refractivity contribution in [2.24, 2.45) is 0 Å². The van der Waals surface area contributed by atoms with Gasteiger partial charge in [-0.2, -0.15) is 0 Å². The van der Waals surface area contributed by atoms with Crippen LogP contribution in [0.2, 0.25) is 0 Å². The maximum Gasteiger partial charge on any atom is 0.258 e. The van der Waals surface area contributed by atoms with Crippen molar-refractivity contribution in [3.05, 3.63) is 54.1 Å². The first-order chi connectivity index (χ1) is 12.2. The molecule has 5 nitrogen and oxygen atoms in total. The Hall–Kier alpha value is -3.13. The Labute approximate surface area is 147 Å². The molecule has 2 rings (SSSR count). The average molecular weight is 339 g/mol. The fourth-order valence-electron chi connectivity index (χ4n) is 2.02. The van der Waals surface area contributed by atoms with Gasteiger partial charge in [-0.25, -0.2) is 0 Å². The molecule has 0 atom stereocenters. The number of methoxy groups -OCH3 is 1. The van der Waals surface area contributed by atoms with Crippen molar-refractivity contribution in [1.82, 2.24) is 5.32 Å². The van der Waals surface area contributed by atoms with Gasteiger partial charge in [0.2, 0.25) is 0 Å². The summed E-state index contributed by atoms with van der Waals surface area (Å²) in [4.78, 5) is 11.7. The highest BCUT2D eigenvalue weighted by atomic mass is 16.5. The van der Waals surface area contributed by atoms with Crippen LogP contribution in [0.4, 0.5) is 0 Å². The lowest BCUT2D eigenvalue weighted by molar-refractivity contribution is -0.122. The lowest BCUT2D eigenvalue weighted by atomic mass is 10.2. The topological polar surface area (TPSA) is 56.8 Å². The third-order valence-electron chi connectivity index (χ3n) is 3.32. The van der Waals surface area contributed by atoms with Crippen LogP contribution in [0, 0.1) is 18.8 Å². The zero-order valence-electron chi connectivity index (χ0n) is 14.4. The molecule has 5 heteroatoms. The fraction of sp³-hybridized carbons (Fsp3) is 0.250. The minimum Gasteiger partial charge on any atom is -0.493 e. The van der Waals surface area contributed by atoms with E-state index in [1.165, 1.54) is 0 Å². The van der Waals surface area contributed by atoms with Crippen molar-refractivity contribution in [2.75, 3.05) is 26.9 Å². The molecule has 0 spiro atoms. The van der Waals surface area contributed by atoms with Crippen LogP contribution in [-0.2, 0) is 4.79 Å². The van der Waals surface area contributed by atoms with Gasteiger partial charge in [0.25, 0.3) is 5.91 Å². The number of benzene rings is 2.